The number of aryl methyl sites for hydroxylation is 1. The van der Waals surface area contributed by atoms with E-state index in [1.54, 1.807) is 0 Å². The summed E-state index contributed by atoms with van der Waals surface area (Å²) in [6, 6.07) is 12.3. The number of halogens is 3. The number of hydrogen-bond donors (Lipinski definition) is 0. The molecule has 2 nitrogen and oxygen atoms in total. The predicted octanol–water partition coefficient (Wildman–Crippen LogP) is 6.16. The second-order valence-corrected chi connectivity index (χ2v) is 7.35. The van der Waals surface area contributed by atoms with Crippen molar-refractivity contribution in [2.45, 2.75) is 19.2 Å². The maximum atomic E-state index is 6.36. The summed E-state index contributed by atoms with van der Waals surface area (Å²) in [5, 5.41) is -0.184. The lowest BCUT2D eigenvalue weighted by atomic mass is 10.2. The number of rotatable bonds is 2. The number of fused-ring (bicyclic) bond motifs is 1. The average molecular weight is 429 g/mol. The Morgan fingerprint density at radius 3 is 2.43 bits per heavy atom. The van der Waals surface area contributed by atoms with E-state index in [0.717, 1.165) is 31.5 Å². The zero-order valence-corrected chi connectivity index (χ0v) is 15.5. The van der Waals surface area contributed by atoms with Crippen LogP contribution in [0.5, 0.6) is 0 Å². The van der Waals surface area contributed by atoms with E-state index in [9.17, 15) is 0 Å². The van der Waals surface area contributed by atoms with E-state index in [2.05, 4.69) is 55.5 Å². The van der Waals surface area contributed by atoms with Crippen molar-refractivity contribution in [2.24, 2.45) is 0 Å². The number of imidazole rings is 1. The second-order valence-electron chi connectivity index (χ2n) is 4.98. The highest BCUT2D eigenvalue weighted by molar-refractivity contribution is 9.11. The molecular formula is C16H13Br2ClN2. The van der Waals surface area contributed by atoms with E-state index >= 15 is 0 Å². The SMILES string of the molecule is Cc1ccc2nc(C(C)Cl)n(-c3c(Br)cccc3Br)c2c1. The summed E-state index contributed by atoms with van der Waals surface area (Å²) in [6.07, 6.45) is 0. The third kappa shape index (κ3) is 2.65. The van der Waals surface area contributed by atoms with Crippen molar-refractivity contribution >= 4 is 54.5 Å². The number of alkyl halides is 1. The molecule has 1 unspecified atom stereocenters. The minimum absolute atomic E-state index is 0.184. The van der Waals surface area contributed by atoms with Gasteiger partial charge in [-0.05, 0) is 75.5 Å². The molecule has 0 aliphatic heterocycles. The molecule has 0 fully saturated rings. The van der Waals surface area contributed by atoms with Gasteiger partial charge in [0.2, 0.25) is 0 Å². The molecule has 2 aromatic carbocycles. The first-order valence-corrected chi connectivity index (χ1v) is 8.58. The van der Waals surface area contributed by atoms with Gasteiger partial charge in [0, 0.05) is 8.95 Å². The van der Waals surface area contributed by atoms with Crippen LogP contribution in [0.3, 0.4) is 0 Å². The Morgan fingerprint density at radius 2 is 1.81 bits per heavy atom. The Hall–Kier alpha value is -0.840. The summed E-state index contributed by atoms with van der Waals surface area (Å²) in [5.74, 6) is 0.838. The van der Waals surface area contributed by atoms with Crippen LogP contribution >= 0.6 is 43.5 Å². The van der Waals surface area contributed by atoms with Gasteiger partial charge in [-0.15, -0.1) is 11.6 Å². The van der Waals surface area contributed by atoms with Gasteiger partial charge >= 0.3 is 0 Å². The lowest BCUT2D eigenvalue weighted by Gasteiger charge is -2.14. The minimum atomic E-state index is -0.184. The molecule has 0 amide bonds. The maximum absolute atomic E-state index is 6.36. The normalized spacial score (nSPS) is 12.8. The highest BCUT2D eigenvalue weighted by Crippen LogP contribution is 2.35. The van der Waals surface area contributed by atoms with Gasteiger partial charge in [-0.25, -0.2) is 4.98 Å². The fourth-order valence-electron chi connectivity index (χ4n) is 2.41. The maximum Gasteiger partial charge on any atom is 0.132 e. The zero-order valence-electron chi connectivity index (χ0n) is 11.6. The van der Waals surface area contributed by atoms with Gasteiger partial charge in [-0.3, -0.25) is 4.57 Å². The molecule has 0 aliphatic rings. The van der Waals surface area contributed by atoms with Gasteiger partial charge in [0.15, 0.2) is 0 Å². The topological polar surface area (TPSA) is 17.8 Å². The van der Waals surface area contributed by atoms with Crippen LogP contribution in [-0.2, 0) is 0 Å². The lowest BCUT2D eigenvalue weighted by Crippen LogP contribution is -2.03. The first-order valence-electron chi connectivity index (χ1n) is 6.56. The standard InChI is InChI=1S/C16H13Br2ClN2/c1-9-6-7-13-14(8-9)21(16(20-13)10(2)19)15-11(17)4-3-5-12(15)18/h3-8,10H,1-2H3. The van der Waals surface area contributed by atoms with Crippen LogP contribution in [0.1, 0.15) is 23.7 Å². The van der Waals surface area contributed by atoms with Gasteiger partial charge in [0.1, 0.15) is 5.82 Å². The third-order valence-electron chi connectivity index (χ3n) is 3.35. The molecule has 1 atom stereocenters. The highest BCUT2D eigenvalue weighted by atomic mass is 79.9. The Kier molecular flexibility index (Phi) is 4.12. The highest BCUT2D eigenvalue weighted by Gasteiger charge is 2.19. The van der Waals surface area contributed by atoms with Crippen LogP contribution in [-0.4, -0.2) is 9.55 Å². The van der Waals surface area contributed by atoms with Gasteiger partial charge < -0.3 is 0 Å². The van der Waals surface area contributed by atoms with E-state index in [1.165, 1.54) is 5.56 Å². The minimum Gasteiger partial charge on any atom is -0.293 e. The summed E-state index contributed by atoms with van der Waals surface area (Å²) < 4.78 is 4.11. The van der Waals surface area contributed by atoms with Crippen LogP contribution in [0.2, 0.25) is 0 Å². The first kappa shape index (κ1) is 15.1. The van der Waals surface area contributed by atoms with Crippen molar-refractivity contribution < 1.29 is 0 Å². The molecular weight excluding hydrogens is 415 g/mol. The Bertz CT molecular complexity index is 804. The molecule has 1 aromatic heterocycles. The summed E-state index contributed by atoms with van der Waals surface area (Å²) in [5.41, 5.74) is 4.23. The predicted molar refractivity (Wildman–Crippen MR) is 95.5 cm³/mol. The summed E-state index contributed by atoms with van der Waals surface area (Å²) in [6.45, 7) is 4.02. The largest absolute Gasteiger partial charge is 0.293 e. The Labute approximate surface area is 145 Å². The molecule has 0 saturated heterocycles. The van der Waals surface area contributed by atoms with Crippen molar-refractivity contribution in [3.8, 4) is 5.69 Å². The quantitative estimate of drug-likeness (QED) is 0.447. The van der Waals surface area contributed by atoms with E-state index in [0.29, 0.717) is 0 Å². The number of para-hydroxylation sites is 1. The summed E-state index contributed by atoms with van der Waals surface area (Å²) in [7, 11) is 0. The average Bonchev–Trinajstić information content (AvgIpc) is 2.78. The molecule has 0 N–H and O–H groups in total. The van der Waals surface area contributed by atoms with Crippen LogP contribution in [0, 0.1) is 6.92 Å². The third-order valence-corrected chi connectivity index (χ3v) is 4.83. The van der Waals surface area contributed by atoms with E-state index in [1.807, 2.05) is 31.2 Å². The molecule has 0 radical (unpaired) electrons. The lowest BCUT2D eigenvalue weighted by molar-refractivity contribution is 0.877. The van der Waals surface area contributed by atoms with E-state index in [-0.39, 0.29) is 5.38 Å². The molecule has 0 bridgehead atoms. The van der Waals surface area contributed by atoms with Gasteiger partial charge in [-0.2, -0.15) is 0 Å². The molecule has 5 heteroatoms. The van der Waals surface area contributed by atoms with Crippen LogP contribution in [0.4, 0.5) is 0 Å². The summed E-state index contributed by atoms with van der Waals surface area (Å²) >= 11 is 13.6. The molecule has 108 valence electrons. The van der Waals surface area contributed by atoms with Gasteiger partial charge in [0.25, 0.3) is 0 Å². The van der Waals surface area contributed by atoms with Crippen LogP contribution in [0.15, 0.2) is 45.3 Å². The fraction of sp³-hybridized carbons (Fsp3) is 0.188. The monoisotopic (exact) mass is 426 g/mol. The summed E-state index contributed by atoms with van der Waals surface area (Å²) in [4.78, 5) is 4.70. The molecule has 3 aromatic rings. The first-order chi connectivity index (χ1) is 9.99. The molecule has 0 aliphatic carbocycles. The van der Waals surface area contributed by atoms with Crippen molar-refractivity contribution in [3.63, 3.8) is 0 Å². The molecule has 1 heterocycles. The van der Waals surface area contributed by atoms with Crippen molar-refractivity contribution in [1.82, 2.24) is 9.55 Å². The second kappa shape index (κ2) is 5.75. The molecule has 21 heavy (non-hydrogen) atoms. The number of benzene rings is 2. The Balaban J connectivity index is 2.44. The van der Waals surface area contributed by atoms with Crippen molar-refractivity contribution in [3.05, 3.63) is 56.7 Å². The van der Waals surface area contributed by atoms with E-state index < -0.39 is 0 Å². The molecule has 0 spiro atoms. The van der Waals surface area contributed by atoms with Gasteiger partial charge in [0.05, 0.1) is 22.1 Å². The smallest absolute Gasteiger partial charge is 0.132 e. The fourth-order valence-corrected chi connectivity index (χ4v) is 3.91. The number of hydrogen-bond acceptors (Lipinski definition) is 1. The Morgan fingerprint density at radius 1 is 1.14 bits per heavy atom. The number of nitrogens with zero attached hydrogens (tertiary/aromatic N) is 2. The zero-order chi connectivity index (χ0) is 15.1. The van der Waals surface area contributed by atoms with Crippen LogP contribution < -0.4 is 0 Å². The van der Waals surface area contributed by atoms with E-state index in [4.69, 9.17) is 16.6 Å². The molecule has 3 rings (SSSR count). The van der Waals surface area contributed by atoms with Gasteiger partial charge in [-0.1, -0.05) is 12.1 Å². The van der Waals surface area contributed by atoms with Crippen molar-refractivity contribution in [2.75, 3.05) is 0 Å². The van der Waals surface area contributed by atoms with Crippen molar-refractivity contribution in [1.29, 1.82) is 0 Å². The number of aromatic nitrogens is 2. The van der Waals surface area contributed by atoms with Crippen LogP contribution in [0.25, 0.3) is 16.7 Å². The molecule has 0 saturated carbocycles.